The lowest BCUT2D eigenvalue weighted by molar-refractivity contribution is 0.120. The number of hydrogen-bond acceptors (Lipinski definition) is 4. The van der Waals surface area contributed by atoms with Crippen LogP contribution in [0.15, 0.2) is 30.3 Å². The third-order valence-electron chi connectivity index (χ3n) is 3.31. The van der Waals surface area contributed by atoms with Crippen LogP contribution in [0.5, 0.6) is 11.5 Å². The van der Waals surface area contributed by atoms with Gasteiger partial charge in [0.25, 0.3) is 0 Å². The molecule has 23 heavy (non-hydrogen) atoms. The zero-order valence-electron chi connectivity index (χ0n) is 13.0. The van der Waals surface area contributed by atoms with E-state index < -0.39 is 17.8 Å². The molecule has 0 aliphatic carbocycles. The molecule has 122 valence electrons. The van der Waals surface area contributed by atoms with E-state index in [-0.39, 0.29) is 23.7 Å². The quantitative estimate of drug-likeness (QED) is 0.622. The minimum Gasteiger partial charge on any atom is -0.486 e. The molecule has 0 heterocycles. The molecule has 0 unspecified atom stereocenters. The maximum Gasteiger partial charge on any atom is 0.513 e. The number of methoxy groups -OCH3 is 1. The van der Waals surface area contributed by atoms with Crippen molar-refractivity contribution in [3.05, 3.63) is 58.7 Å². The monoisotopic (exact) mass is 322 g/mol. The minimum absolute atomic E-state index is 0.0849. The van der Waals surface area contributed by atoms with E-state index in [1.165, 1.54) is 14.0 Å². The summed E-state index contributed by atoms with van der Waals surface area (Å²) in [5.41, 5.74) is 1.51. The summed E-state index contributed by atoms with van der Waals surface area (Å²) < 4.78 is 42.2. The summed E-state index contributed by atoms with van der Waals surface area (Å²) in [5, 5.41) is 0. The molecule has 0 fully saturated rings. The van der Waals surface area contributed by atoms with E-state index in [9.17, 15) is 13.6 Å². The van der Waals surface area contributed by atoms with Crippen molar-refractivity contribution in [2.24, 2.45) is 0 Å². The zero-order chi connectivity index (χ0) is 17.0. The second kappa shape index (κ2) is 7.09. The molecular weight excluding hydrogens is 306 g/mol. The number of halogens is 2. The first-order valence-electron chi connectivity index (χ1n) is 6.85. The molecule has 2 rings (SSSR count). The van der Waals surface area contributed by atoms with Crippen LogP contribution in [0.3, 0.4) is 0 Å². The molecule has 2 aromatic carbocycles. The summed E-state index contributed by atoms with van der Waals surface area (Å²) in [4.78, 5) is 11.3. The van der Waals surface area contributed by atoms with E-state index in [0.29, 0.717) is 5.56 Å². The molecule has 0 N–H and O–H groups in total. The van der Waals surface area contributed by atoms with Gasteiger partial charge in [0.05, 0.1) is 7.11 Å². The topological polar surface area (TPSA) is 44.8 Å². The summed E-state index contributed by atoms with van der Waals surface area (Å²) in [6.45, 7) is 3.17. The standard InChI is InChI=1S/C17H16F2O4/c1-10-5-4-6-15(23-17(20)21-3)12(10)9-22-16-8-13(18)11(2)7-14(16)19/h4-8H,9H2,1-3H3. The number of carbonyl (C=O) groups excluding carboxylic acids is 1. The fourth-order valence-electron chi connectivity index (χ4n) is 1.98. The van der Waals surface area contributed by atoms with Crippen molar-refractivity contribution in [1.29, 1.82) is 0 Å². The van der Waals surface area contributed by atoms with Crippen LogP contribution in [0, 0.1) is 25.5 Å². The van der Waals surface area contributed by atoms with Gasteiger partial charge in [0.2, 0.25) is 0 Å². The van der Waals surface area contributed by atoms with E-state index in [1.54, 1.807) is 25.1 Å². The highest BCUT2D eigenvalue weighted by Gasteiger charge is 2.14. The lowest BCUT2D eigenvalue weighted by Gasteiger charge is -2.14. The molecule has 0 spiro atoms. The lowest BCUT2D eigenvalue weighted by Crippen LogP contribution is -2.11. The average molecular weight is 322 g/mol. The van der Waals surface area contributed by atoms with E-state index in [0.717, 1.165) is 17.7 Å². The van der Waals surface area contributed by atoms with Crippen molar-refractivity contribution in [2.45, 2.75) is 20.5 Å². The average Bonchev–Trinajstić information content (AvgIpc) is 2.51. The summed E-state index contributed by atoms with van der Waals surface area (Å²) in [6.07, 6.45) is -0.871. The highest BCUT2D eigenvalue weighted by molar-refractivity contribution is 5.64. The third kappa shape index (κ3) is 3.97. The fourth-order valence-corrected chi connectivity index (χ4v) is 1.98. The Hall–Kier alpha value is -2.63. The Morgan fingerprint density at radius 3 is 2.48 bits per heavy atom. The molecule has 6 heteroatoms. The van der Waals surface area contributed by atoms with Crippen LogP contribution in [0.4, 0.5) is 13.6 Å². The molecule has 2 aromatic rings. The molecule has 0 radical (unpaired) electrons. The van der Waals surface area contributed by atoms with Gasteiger partial charge in [-0.1, -0.05) is 12.1 Å². The minimum atomic E-state index is -0.871. The largest absolute Gasteiger partial charge is 0.513 e. The van der Waals surface area contributed by atoms with Gasteiger partial charge in [-0.2, -0.15) is 0 Å². The molecule has 0 bridgehead atoms. The SMILES string of the molecule is COC(=O)Oc1cccc(C)c1COc1cc(F)c(C)cc1F. The third-order valence-corrected chi connectivity index (χ3v) is 3.31. The van der Waals surface area contributed by atoms with Crippen LogP contribution in [-0.2, 0) is 11.3 Å². The summed E-state index contributed by atoms with van der Waals surface area (Å²) in [7, 11) is 1.19. The van der Waals surface area contributed by atoms with Crippen molar-refractivity contribution in [3.63, 3.8) is 0 Å². The maximum absolute atomic E-state index is 13.8. The maximum atomic E-state index is 13.8. The Balaban J connectivity index is 2.23. The highest BCUT2D eigenvalue weighted by atomic mass is 19.1. The smallest absolute Gasteiger partial charge is 0.486 e. The van der Waals surface area contributed by atoms with Crippen LogP contribution in [-0.4, -0.2) is 13.3 Å². The van der Waals surface area contributed by atoms with E-state index in [4.69, 9.17) is 9.47 Å². The second-order valence-electron chi connectivity index (χ2n) is 4.93. The molecule has 0 aliphatic heterocycles. The molecule has 4 nitrogen and oxygen atoms in total. The van der Waals surface area contributed by atoms with E-state index in [2.05, 4.69) is 4.74 Å². The Bertz CT molecular complexity index is 729. The Labute approximate surface area is 132 Å². The van der Waals surface area contributed by atoms with Gasteiger partial charge in [0.1, 0.15) is 18.2 Å². The van der Waals surface area contributed by atoms with Gasteiger partial charge in [0, 0.05) is 11.6 Å². The fraction of sp³-hybridized carbons (Fsp3) is 0.235. The van der Waals surface area contributed by atoms with Crippen LogP contribution >= 0.6 is 0 Å². The molecule has 0 saturated heterocycles. The molecule has 0 saturated carbocycles. The predicted octanol–water partition coefficient (Wildman–Crippen LogP) is 4.31. The molecule has 0 amide bonds. The van der Waals surface area contributed by atoms with Gasteiger partial charge in [-0.15, -0.1) is 0 Å². The summed E-state index contributed by atoms with van der Waals surface area (Å²) >= 11 is 0. The first-order valence-corrected chi connectivity index (χ1v) is 6.85. The van der Waals surface area contributed by atoms with Gasteiger partial charge in [-0.25, -0.2) is 13.6 Å². The second-order valence-corrected chi connectivity index (χ2v) is 4.93. The summed E-state index contributed by atoms with van der Waals surface area (Å²) in [6, 6.07) is 7.10. The van der Waals surface area contributed by atoms with Gasteiger partial charge < -0.3 is 14.2 Å². The normalized spacial score (nSPS) is 10.3. The van der Waals surface area contributed by atoms with E-state index >= 15 is 0 Å². The number of aryl methyl sites for hydroxylation is 2. The number of ether oxygens (including phenoxy) is 3. The Kier molecular flexibility index (Phi) is 5.16. The predicted molar refractivity (Wildman–Crippen MR) is 79.6 cm³/mol. The number of carbonyl (C=O) groups is 1. The van der Waals surface area contributed by atoms with Crippen molar-refractivity contribution in [2.75, 3.05) is 7.11 Å². The van der Waals surface area contributed by atoms with Crippen LogP contribution in [0.1, 0.15) is 16.7 Å². The first kappa shape index (κ1) is 16.7. The van der Waals surface area contributed by atoms with Gasteiger partial charge in [0.15, 0.2) is 11.6 Å². The van der Waals surface area contributed by atoms with Crippen LogP contribution in [0.25, 0.3) is 0 Å². The van der Waals surface area contributed by atoms with Crippen molar-refractivity contribution < 1.29 is 27.8 Å². The molecule has 0 aliphatic rings. The van der Waals surface area contributed by atoms with E-state index in [1.807, 2.05) is 0 Å². The molecular formula is C17H16F2O4. The highest BCUT2D eigenvalue weighted by Crippen LogP contribution is 2.27. The van der Waals surface area contributed by atoms with Gasteiger partial charge in [-0.3, -0.25) is 0 Å². The number of benzene rings is 2. The van der Waals surface area contributed by atoms with Crippen molar-refractivity contribution in [1.82, 2.24) is 0 Å². The summed E-state index contributed by atoms with van der Waals surface area (Å²) in [5.74, 6) is -1.18. The van der Waals surface area contributed by atoms with Crippen LogP contribution < -0.4 is 9.47 Å². The van der Waals surface area contributed by atoms with Crippen molar-refractivity contribution in [3.8, 4) is 11.5 Å². The van der Waals surface area contributed by atoms with Gasteiger partial charge in [-0.05, 0) is 37.1 Å². The number of rotatable bonds is 4. The number of hydrogen-bond donors (Lipinski definition) is 0. The zero-order valence-corrected chi connectivity index (χ0v) is 13.0. The van der Waals surface area contributed by atoms with Gasteiger partial charge >= 0.3 is 6.16 Å². The molecule has 0 aromatic heterocycles. The Morgan fingerprint density at radius 1 is 1.04 bits per heavy atom. The first-order chi connectivity index (χ1) is 10.9. The Morgan fingerprint density at radius 2 is 1.78 bits per heavy atom. The van der Waals surface area contributed by atoms with Crippen molar-refractivity contribution >= 4 is 6.16 Å². The molecule has 0 atom stereocenters. The lowest BCUT2D eigenvalue weighted by atomic mass is 10.1. The van der Waals surface area contributed by atoms with Crippen LogP contribution in [0.2, 0.25) is 0 Å².